The summed E-state index contributed by atoms with van der Waals surface area (Å²) in [5.41, 5.74) is 5.37. The molecule has 0 fully saturated rings. The van der Waals surface area contributed by atoms with E-state index in [1.54, 1.807) is 12.5 Å². The second-order valence-corrected chi connectivity index (χ2v) is 6.70. The van der Waals surface area contributed by atoms with Crippen LogP contribution in [0, 0.1) is 0 Å². The van der Waals surface area contributed by atoms with Crippen molar-refractivity contribution < 1.29 is 14.2 Å². The van der Waals surface area contributed by atoms with E-state index in [1.807, 2.05) is 41.1 Å². The van der Waals surface area contributed by atoms with E-state index in [0.29, 0.717) is 63.7 Å². The molecule has 11 nitrogen and oxygen atoms in total. The molecule has 0 aliphatic heterocycles. The minimum absolute atomic E-state index is 0.210. The molecule has 172 valence electrons. The summed E-state index contributed by atoms with van der Waals surface area (Å²) >= 11 is 0. The minimum atomic E-state index is 0.210. The largest absolute Gasteiger partial charge is 0.424 e. The monoisotopic (exact) mass is 442 g/mol. The Balaban J connectivity index is 1.51. The lowest BCUT2D eigenvalue weighted by Crippen LogP contribution is -2.17. The quantitative estimate of drug-likeness (QED) is 0.282. The van der Waals surface area contributed by atoms with E-state index in [9.17, 15) is 0 Å². The summed E-state index contributed by atoms with van der Waals surface area (Å²) in [5, 5.41) is 6.38. The second-order valence-electron chi connectivity index (χ2n) is 6.70. The zero-order valence-corrected chi connectivity index (χ0v) is 18.0. The smallest absolute Gasteiger partial charge is 0.328 e. The van der Waals surface area contributed by atoms with Crippen LogP contribution in [0.5, 0.6) is 11.8 Å². The summed E-state index contributed by atoms with van der Waals surface area (Å²) in [4.78, 5) is 17.2. The molecule has 0 radical (unpaired) electrons. The van der Waals surface area contributed by atoms with Crippen molar-refractivity contribution in [3.8, 4) is 11.8 Å². The predicted molar refractivity (Wildman–Crippen MR) is 121 cm³/mol. The maximum atomic E-state index is 5.79. The number of anilines is 2. The summed E-state index contributed by atoms with van der Waals surface area (Å²) in [7, 11) is 0. The zero-order valence-electron chi connectivity index (χ0n) is 18.0. The van der Waals surface area contributed by atoms with Gasteiger partial charge in [-0.15, -0.1) is 0 Å². The highest BCUT2D eigenvalue weighted by atomic mass is 16.5. The fourth-order valence-corrected chi connectivity index (χ4v) is 2.68. The molecule has 32 heavy (non-hydrogen) atoms. The number of ether oxygens (including phenoxy) is 3. The van der Waals surface area contributed by atoms with Crippen molar-refractivity contribution in [1.82, 2.24) is 24.5 Å². The number of imidazole rings is 1. The Kier molecular flexibility index (Phi) is 10.2. The Morgan fingerprint density at radius 1 is 0.875 bits per heavy atom. The van der Waals surface area contributed by atoms with Crippen molar-refractivity contribution in [3.63, 3.8) is 0 Å². The second kappa shape index (κ2) is 13.9. The van der Waals surface area contributed by atoms with Gasteiger partial charge in [-0.25, -0.2) is 4.98 Å². The van der Waals surface area contributed by atoms with E-state index in [2.05, 4.69) is 30.6 Å². The third-order valence-corrected chi connectivity index (χ3v) is 4.17. The number of nitrogens with two attached hydrogens (primary N) is 1. The van der Waals surface area contributed by atoms with Crippen LogP contribution in [0.15, 0.2) is 49.1 Å². The molecular formula is C21H30N8O3. The number of aryl methyl sites for hydroxylation is 1. The fraction of sp³-hybridized carbons (Fsp3) is 0.429. The molecular weight excluding hydrogens is 412 g/mol. The van der Waals surface area contributed by atoms with E-state index in [4.69, 9.17) is 19.9 Å². The highest BCUT2D eigenvalue weighted by Crippen LogP contribution is 2.19. The van der Waals surface area contributed by atoms with Crippen molar-refractivity contribution in [3.05, 3.63) is 49.1 Å². The fourth-order valence-electron chi connectivity index (χ4n) is 2.68. The van der Waals surface area contributed by atoms with Gasteiger partial charge in [0.1, 0.15) is 5.75 Å². The van der Waals surface area contributed by atoms with Crippen LogP contribution in [0.1, 0.15) is 6.42 Å². The molecule has 0 saturated carbocycles. The van der Waals surface area contributed by atoms with Crippen LogP contribution in [0.2, 0.25) is 0 Å². The molecule has 0 amide bonds. The van der Waals surface area contributed by atoms with Crippen molar-refractivity contribution in [1.29, 1.82) is 0 Å². The average Bonchev–Trinajstić information content (AvgIpc) is 3.33. The molecule has 0 spiro atoms. The molecule has 0 saturated heterocycles. The molecule has 2 heterocycles. The van der Waals surface area contributed by atoms with Gasteiger partial charge in [-0.2, -0.15) is 15.0 Å². The molecule has 0 aliphatic rings. The molecule has 0 unspecified atom stereocenters. The molecule has 0 aliphatic carbocycles. The molecule has 3 aromatic rings. The van der Waals surface area contributed by atoms with Crippen LogP contribution in [0.3, 0.4) is 0 Å². The van der Waals surface area contributed by atoms with Gasteiger partial charge in [-0.05, 0) is 18.6 Å². The van der Waals surface area contributed by atoms with Crippen LogP contribution >= 0.6 is 0 Å². The van der Waals surface area contributed by atoms with Gasteiger partial charge in [0.25, 0.3) is 0 Å². The van der Waals surface area contributed by atoms with Gasteiger partial charge in [0, 0.05) is 38.6 Å². The van der Waals surface area contributed by atoms with E-state index in [-0.39, 0.29) is 6.01 Å². The Bertz CT molecular complexity index is 880. The normalized spacial score (nSPS) is 10.8. The Morgan fingerprint density at radius 3 is 2.34 bits per heavy atom. The molecule has 2 aromatic heterocycles. The lowest BCUT2D eigenvalue weighted by molar-refractivity contribution is 0.0547. The maximum Gasteiger partial charge on any atom is 0.328 e. The number of nitrogens with zero attached hydrogens (tertiary/aromatic N) is 5. The first-order chi connectivity index (χ1) is 15.8. The lowest BCUT2D eigenvalue weighted by Gasteiger charge is -2.11. The summed E-state index contributed by atoms with van der Waals surface area (Å²) in [6.07, 6.45) is 6.38. The Morgan fingerprint density at radius 2 is 1.62 bits per heavy atom. The summed E-state index contributed by atoms with van der Waals surface area (Å²) in [5.74, 6) is 1.50. The summed E-state index contributed by atoms with van der Waals surface area (Å²) in [6.45, 7) is 4.63. The van der Waals surface area contributed by atoms with Crippen LogP contribution in [-0.2, 0) is 16.0 Å². The SMILES string of the molecule is NCCOCCOCCNc1nc(NCCCn2ccnc2)nc(Oc2ccccc2)n1. The van der Waals surface area contributed by atoms with E-state index < -0.39 is 0 Å². The van der Waals surface area contributed by atoms with Crippen molar-refractivity contribution in [2.45, 2.75) is 13.0 Å². The van der Waals surface area contributed by atoms with Gasteiger partial charge < -0.3 is 35.1 Å². The van der Waals surface area contributed by atoms with Crippen LogP contribution in [0.4, 0.5) is 11.9 Å². The summed E-state index contributed by atoms with van der Waals surface area (Å²) < 4.78 is 18.6. The van der Waals surface area contributed by atoms with Gasteiger partial charge in [0.05, 0.1) is 32.8 Å². The number of nitrogens with one attached hydrogen (secondary N) is 2. The number of benzene rings is 1. The Hall–Kier alpha value is -3.28. The van der Waals surface area contributed by atoms with Gasteiger partial charge in [0.15, 0.2) is 0 Å². The van der Waals surface area contributed by atoms with Crippen molar-refractivity contribution in [2.75, 3.05) is 56.7 Å². The van der Waals surface area contributed by atoms with E-state index in [1.165, 1.54) is 0 Å². The third kappa shape index (κ3) is 8.84. The van der Waals surface area contributed by atoms with Crippen molar-refractivity contribution in [2.24, 2.45) is 5.73 Å². The highest BCUT2D eigenvalue weighted by molar-refractivity contribution is 5.37. The molecule has 11 heteroatoms. The summed E-state index contributed by atoms with van der Waals surface area (Å²) in [6, 6.07) is 9.59. The van der Waals surface area contributed by atoms with Crippen LogP contribution in [-0.4, -0.2) is 70.6 Å². The van der Waals surface area contributed by atoms with E-state index in [0.717, 1.165) is 13.0 Å². The average molecular weight is 443 g/mol. The maximum absolute atomic E-state index is 5.79. The first-order valence-corrected chi connectivity index (χ1v) is 10.6. The first-order valence-electron chi connectivity index (χ1n) is 10.6. The van der Waals surface area contributed by atoms with Gasteiger partial charge in [-0.1, -0.05) is 18.2 Å². The highest BCUT2D eigenvalue weighted by Gasteiger charge is 2.08. The van der Waals surface area contributed by atoms with Gasteiger partial charge in [0.2, 0.25) is 11.9 Å². The topological polar surface area (TPSA) is 134 Å². The Labute approximate surface area is 187 Å². The number of rotatable bonds is 16. The molecule has 1 aromatic carbocycles. The number of para-hydroxylation sites is 1. The molecule has 0 bridgehead atoms. The van der Waals surface area contributed by atoms with Crippen LogP contribution in [0.25, 0.3) is 0 Å². The standard InChI is InChI=1S/C21H30N8O3/c22-7-13-30-15-16-31-14-10-25-20-26-19(24-8-4-11-29-12-9-23-17-29)27-21(28-20)32-18-5-2-1-3-6-18/h1-3,5-6,9,12,17H,4,7-8,10-11,13-16,22H2,(H2,24,25,26,27,28). The first kappa shape index (κ1) is 23.4. The number of hydrogen-bond donors (Lipinski definition) is 3. The van der Waals surface area contributed by atoms with Gasteiger partial charge >= 0.3 is 6.01 Å². The number of hydrogen-bond acceptors (Lipinski definition) is 10. The van der Waals surface area contributed by atoms with Gasteiger partial charge in [-0.3, -0.25) is 0 Å². The molecule has 0 atom stereocenters. The number of aromatic nitrogens is 5. The predicted octanol–water partition coefficient (Wildman–Crippen LogP) is 1.77. The third-order valence-electron chi connectivity index (χ3n) is 4.17. The van der Waals surface area contributed by atoms with E-state index >= 15 is 0 Å². The van der Waals surface area contributed by atoms with Crippen molar-refractivity contribution >= 4 is 11.9 Å². The lowest BCUT2D eigenvalue weighted by atomic mass is 10.3. The zero-order chi connectivity index (χ0) is 22.3. The van der Waals surface area contributed by atoms with Crippen LogP contribution < -0.4 is 21.1 Å². The minimum Gasteiger partial charge on any atom is -0.424 e. The molecule has 4 N–H and O–H groups in total. The molecule has 3 rings (SSSR count).